The van der Waals surface area contributed by atoms with E-state index in [1.807, 2.05) is 0 Å². The van der Waals surface area contributed by atoms with Crippen LogP contribution in [0.3, 0.4) is 0 Å². The van der Waals surface area contributed by atoms with Crippen LogP contribution in [0.5, 0.6) is 5.88 Å². The number of nitrogens with zero attached hydrogens (tertiary/aromatic N) is 4. The van der Waals surface area contributed by atoms with Crippen molar-refractivity contribution in [1.82, 2.24) is 20.2 Å². The zero-order valence-electron chi connectivity index (χ0n) is 12.3. The first-order valence-electron chi connectivity index (χ1n) is 7.04. The van der Waals surface area contributed by atoms with Crippen molar-refractivity contribution in [3.8, 4) is 17.1 Å². The maximum Gasteiger partial charge on any atom is 0.241 e. The van der Waals surface area contributed by atoms with Gasteiger partial charge in [0.05, 0.1) is 12.7 Å². The van der Waals surface area contributed by atoms with Crippen LogP contribution >= 0.6 is 0 Å². The van der Waals surface area contributed by atoms with Gasteiger partial charge >= 0.3 is 0 Å². The minimum absolute atomic E-state index is 0.0911. The summed E-state index contributed by atoms with van der Waals surface area (Å²) in [4.78, 5) is 11.2. The fourth-order valence-corrected chi connectivity index (χ4v) is 2.58. The quantitative estimate of drug-likeness (QED) is 0.881. The molecule has 7 nitrogen and oxygen atoms in total. The lowest BCUT2D eigenvalue weighted by Gasteiger charge is -2.37. The van der Waals surface area contributed by atoms with Gasteiger partial charge in [-0.15, -0.1) is 5.10 Å². The van der Waals surface area contributed by atoms with E-state index in [1.54, 1.807) is 25.7 Å². The zero-order chi connectivity index (χ0) is 14.9. The Balaban J connectivity index is 1.94. The highest BCUT2D eigenvalue weighted by Crippen LogP contribution is 2.33. The molecule has 1 aliphatic heterocycles. The van der Waals surface area contributed by atoms with Gasteiger partial charge in [-0.3, -0.25) is 10.1 Å². The maximum atomic E-state index is 6.20. The van der Waals surface area contributed by atoms with Crippen LogP contribution in [0.1, 0.15) is 19.8 Å². The smallest absolute Gasteiger partial charge is 0.241 e. The third-order valence-corrected chi connectivity index (χ3v) is 3.94. The van der Waals surface area contributed by atoms with E-state index in [4.69, 9.17) is 10.5 Å². The Hall–Kier alpha value is -2.15. The van der Waals surface area contributed by atoms with Crippen molar-refractivity contribution in [2.45, 2.75) is 25.3 Å². The summed E-state index contributed by atoms with van der Waals surface area (Å²) in [5.41, 5.74) is 7.71. The van der Waals surface area contributed by atoms with Crippen molar-refractivity contribution < 1.29 is 4.74 Å². The number of aromatic amines is 1. The molecule has 0 spiro atoms. The zero-order valence-corrected chi connectivity index (χ0v) is 12.3. The molecule has 0 aromatic carbocycles. The molecule has 2 aromatic heterocycles. The molecule has 0 bridgehead atoms. The summed E-state index contributed by atoms with van der Waals surface area (Å²) >= 11 is 0. The third-order valence-electron chi connectivity index (χ3n) is 3.94. The normalized spacial score (nSPS) is 17.8. The lowest BCUT2D eigenvalue weighted by Crippen LogP contribution is -2.48. The third kappa shape index (κ3) is 2.69. The largest absolute Gasteiger partial charge is 0.479 e. The number of rotatable bonds is 3. The summed E-state index contributed by atoms with van der Waals surface area (Å²) in [5, 5.41) is 6.88. The van der Waals surface area contributed by atoms with Gasteiger partial charge in [-0.05, 0) is 19.8 Å². The number of piperidine rings is 1. The van der Waals surface area contributed by atoms with Gasteiger partial charge in [0.2, 0.25) is 5.88 Å². The van der Waals surface area contributed by atoms with Crippen molar-refractivity contribution in [2.24, 2.45) is 5.73 Å². The number of H-pyrrole nitrogens is 1. The Bertz CT molecular complexity index is 613. The maximum absolute atomic E-state index is 6.20. The molecule has 0 atom stereocenters. The van der Waals surface area contributed by atoms with E-state index in [1.165, 1.54) is 0 Å². The first kappa shape index (κ1) is 13.8. The molecule has 1 saturated heterocycles. The van der Waals surface area contributed by atoms with Gasteiger partial charge in [0.1, 0.15) is 5.69 Å². The molecule has 21 heavy (non-hydrogen) atoms. The van der Waals surface area contributed by atoms with Gasteiger partial charge in [0.25, 0.3) is 0 Å². The van der Waals surface area contributed by atoms with Crippen LogP contribution in [0.4, 0.5) is 5.82 Å². The van der Waals surface area contributed by atoms with Crippen LogP contribution in [0.25, 0.3) is 11.3 Å². The second-order valence-electron chi connectivity index (χ2n) is 5.68. The predicted molar refractivity (Wildman–Crippen MR) is 80.2 cm³/mol. The minimum Gasteiger partial charge on any atom is -0.479 e. The van der Waals surface area contributed by atoms with Gasteiger partial charge in [0, 0.05) is 37.2 Å². The SMILES string of the molecule is COc1n[nH]cc1-c1nccnc1N1CCC(C)(N)CC1. The number of nitrogens with two attached hydrogens (primary N) is 1. The molecule has 1 fully saturated rings. The van der Waals surface area contributed by atoms with Crippen LogP contribution in [-0.2, 0) is 0 Å². The summed E-state index contributed by atoms with van der Waals surface area (Å²) < 4.78 is 5.27. The van der Waals surface area contributed by atoms with Gasteiger partial charge in [-0.1, -0.05) is 0 Å². The summed E-state index contributed by atoms with van der Waals surface area (Å²) in [6, 6.07) is 0. The number of ether oxygens (including phenoxy) is 1. The first-order chi connectivity index (χ1) is 10.1. The Morgan fingerprint density at radius 3 is 2.71 bits per heavy atom. The highest BCUT2D eigenvalue weighted by molar-refractivity contribution is 5.75. The molecule has 3 N–H and O–H groups in total. The molecule has 0 aliphatic carbocycles. The lowest BCUT2D eigenvalue weighted by molar-refractivity contribution is 0.363. The van der Waals surface area contributed by atoms with E-state index in [2.05, 4.69) is 32.0 Å². The number of nitrogens with one attached hydrogen (secondary N) is 1. The molecule has 3 rings (SSSR count). The first-order valence-corrected chi connectivity index (χ1v) is 7.04. The molecule has 2 aromatic rings. The summed E-state index contributed by atoms with van der Waals surface area (Å²) in [6.07, 6.45) is 7.05. The van der Waals surface area contributed by atoms with E-state index >= 15 is 0 Å². The van der Waals surface area contributed by atoms with Crippen molar-refractivity contribution in [1.29, 1.82) is 0 Å². The fourth-order valence-electron chi connectivity index (χ4n) is 2.58. The van der Waals surface area contributed by atoms with E-state index in [9.17, 15) is 0 Å². The van der Waals surface area contributed by atoms with Crippen molar-refractivity contribution in [3.05, 3.63) is 18.6 Å². The number of hydrogen-bond acceptors (Lipinski definition) is 6. The molecule has 0 unspecified atom stereocenters. The number of hydrogen-bond donors (Lipinski definition) is 2. The highest BCUT2D eigenvalue weighted by atomic mass is 16.5. The molecule has 3 heterocycles. The van der Waals surface area contributed by atoms with Gasteiger partial charge in [0.15, 0.2) is 5.82 Å². The summed E-state index contributed by atoms with van der Waals surface area (Å²) in [7, 11) is 1.59. The molecule has 112 valence electrons. The molecule has 1 aliphatic rings. The van der Waals surface area contributed by atoms with Gasteiger partial charge in [-0.25, -0.2) is 4.98 Å². The Kier molecular flexibility index (Phi) is 3.50. The Morgan fingerprint density at radius 1 is 1.29 bits per heavy atom. The van der Waals surface area contributed by atoms with Crippen LogP contribution < -0.4 is 15.4 Å². The number of methoxy groups -OCH3 is 1. The van der Waals surface area contributed by atoms with Crippen LogP contribution in [-0.4, -0.2) is 45.9 Å². The Labute approximate surface area is 123 Å². The molecular formula is C14H20N6O. The average Bonchev–Trinajstić information content (AvgIpc) is 2.96. The monoisotopic (exact) mass is 288 g/mol. The topological polar surface area (TPSA) is 92.9 Å². The van der Waals surface area contributed by atoms with E-state index in [0.29, 0.717) is 5.88 Å². The second-order valence-corrected chi connectivity index (χ2v) is 5.68. The van der Waals surface area contributed by atoms with E-state index < -0.39 is 0 Å². The lowest BCUT2D eigenvalue weighted by atomic mass is 9.91. The number of aromatic nitrogens is 4. The van der Waals surface area contributed by atoms with Crippen LogP contribution in [0.2, 0.25) is 0 Å². The molecule has 0 radical (unpaired) electrons. The van der Waals surface area contributed by atoms with Crippen molar-refractivity contribution in [2.75, 3.05) is 25.1 Å². The molecule has 7 heteroatoms. The molecule has 0 amide bonds. The van der Waals surface area contributed by atoms with Crippen LogP contribution in [0, 0.1) is 0 Å². The molecule has 0 saturated carbocycles. The van der Waals surface area contributed by atoms with Gasteiger partial charge < -0.3 is 15.4 Å². The second kappa shape index (κ2) is 5.33. The minimum atomic E-state index is -0.0911. The molecular weight excluding hydrogens is 268 g/mol. The van der Waals surface area contributed by atoms with E-state index in [-0.39, 0.29) is 5.54 Å². The average molecular weight is 288 g/mol. The fraction of sp³-hybridized carbons (Fsp3) is 0.500. The van der Waals surface area contributed by atoms with E-state index in [0.717, 1.165) is 43.0 Å². The van der Waals surface area contributed by atoms with Gasteiger partial charge in [-0.2, -0.15) is 0 Å². The standard InChI is InChI=1S/C14H20N6O/c1-14(15)3-7-20(8-4-14)12-11(16-5-6-17-12)10-9-18-19-13(10)21-2/h5-6,9H,3-4,7-8,15H2,1-2H3,(H,18,19). The van der Waals surface area contributed by atoms with Crippen LogP contribution in [0.15, 0.2) is 18.6 Å². The van der Waals surface area contributed by atoms with Crippen molar-refractivity contribution >= 4 is 5.82 Å². The number of anilines is 1. The predicted octanol–water partition coefficient (Wildman–Crippen LogP) is 1.19. The highest BCUT2D eigenvalue weighted by Gasteiger charge is 2.28. The summed E-state index contributed by atoms with van der Waals surface area (Å²) in [6.45, 7) is 3.85. The summed E-state index contributed by atoms with van der Waals surface area (Å²) in [5.74, 6) is 1.38. The Morgan fingerprint density at radius 2 is 2.00 bits per heavy atom. The van der Waals surface area contributed by atoms with Crippen molar-refractivity contribution in [3.63, 3.8) is 0 Å².